The second kappa shape index (κ2) is 7.46. The number of halogens is 1. The summed E-state index contributed by atoms with van der Waals surface area (Å²) in [5.41, 5.74) is 1.14. The van der Waals surface area contributed by atoms with E-state index in [2.05, 4.69) is 32.6 Å². The van der Waals surface area contributed by atoms with E-state index in [9.17, 15) is 4.39 Å². The molecule has 28 heavy (non-hydrogen) atoms. The molecule has 0 unspecified atom stereocenters. The van der Waals surface area contributed by atoms with Crippen molar-refractivity contribution >= 4 is 17.5 Å². The quantitative estimate of drug-likeness (QED) is 0.799. The Bertz CT molecular complexity index is 948. The molecule has 2 aromatic heterocycles. The molecular formula is C21H21FN6. The molecule has 142 valence electrons. The predicted octanol–water partition coefficient (Wildman–Crippen LogP) is 2.50. The maximum atomic E-state index is 13.4. The highest BCUT2D eigenvalue weighted by atomic mass is 19.1. The molecule has 0 aliphatic carbocycles. The van der Waals surface area contributed by atoms with E-state index >= 15 is 0 Å². The SMILES string of the molecule is C#CC1(c2cc(Nc3cc(C#N)ccn3)nc(N3CC(F)C3)c2)CCNCC1. The maximum absolute atomic E-state index is 13.4. The van der Waals surface area contributed by atoms with Gasteiger partial charge in [0, 0.05) is 6.20 Å². The summed E-state index contributed by atoms with van der Waals surface area (Å²) in [5, 5.41) is 15.6. The zero-order valence-corrected chi connectivity index (χ0v) is 15.5. The molecule has 0 aromatic carbocycles. The molecule has 0 spiro atoms. The maximum Gasteiger partial charge on any atom is 0.135 e. The molecule has 0 atom stereocenters. The highest BCUT2D eigenvalue weighted by molar-refractivity contribution is 5.61. The first-order chi connectivity index (χ1) is 13.6. The Hall–Kier alpha value is -3.16. The molecule has 2 aliphatic rings. The number of hydrogen-bond acceptors (Lipinski definition) is 6. The first-order valence-electron chi connectivity index (χ1n) is 9.35. The number of alkyl halides is 1. The van der Waals surface area contributed by atoms with Crippen molar-refractivity contribution in [1.29, 1.82) is 5.26 Å². The molecule has 4 heterocycles. The van der Waals surface area contributed by atoms with Crippen LogP contribution in [0.4, 0.5) is 21.8 Å². The number of pyridine rings is 2. The van der Waals surface area contributed by atoms with Crippen molar-refractivity contribution in [3.63, 3.8) is 0 Å². The summed E-state index contributed by atoms with van der Waals surface area (Å²) in [7, 11) is 0. The van der Waals surface area contributed by atoms with Crippen molar-refractivity contribution < 1.29 is 4.39 Å². The molecule has 2 aliphatic heterocycles. The van der Waals surface area contributed by atoms with Crippen LogP contribution in [0.25, 0.3) is 0 Å². The fourth-order valence-electron chi connectivity index (χ4n) is 3.70. The zero-order valence-electron chi connectivity index (χ0n) is 15.5. The summed E-state index contributed by atoms with van der Waals surface area (Å²) in [6, 6.07) is 9.34. The van der Waals surface area contributed by atoms with Gasteiger partial charge in [0.2, 0.25) is 0 Å². The molecule has 4 rings (SSSR count). The topological polar surface area (TPSA) is 76.9 Å². The minimum Gasteiger partial charge on any atom is -0.351 e. The van der Waals surface area contributed by atoms with Gasteiger partial charge in [-0.25, -0.2) is 14.4 Å². The number of nitriles is 1. The van der Waals surface area contributed by atoms with Crippen LogP contribution in [0.3, 0.4) is 0 Å². The van der Waals surface area contributed by atoms with Crippen LogP contribution < -0.4 is 15.5 Å². The van der Waals surface area contributed by atoms with E-state index in [0.717, 1.165) is 31.5 Å². The Morgan fingerprint density at radius 3 is 2.71 bits per heavy atom. The first kappa shape index (κ1) is 18.2. The number of anilines is 3. The minimum absolute atomic E-state index is 0.336. The fraction of sp³-hybridized carbons (Fsp3) is 0.381. The van der Waals surface area contributed by atoms with Gasteiger partial charge in [-0.2, -0.15) is 5.26 Å². The summed E-state index contributed by atoms with van der Waals surface area (Å²) < 4.78 is 13.4. The van der Waals surface area contributed by atoms with Crippen LogP contribution >= 0.6 is 0 Å². The monoisotopic (exact) mass is 376 g/mol. The van der Waals surface area contributed by atoms with E-state index in [0.29, 0.717) is 36.1 Å². The molecule has 6 nitrogen and oxygen atoms in total. The van der Waals surface area contributed by atoms with Crippen molar-refractivity contribution in [2.45, 2.75) is 24.4 Å². The standard InChI is InChI=1S/C21H21FN6/c1-2-21(4-7-24-8-5-21)16-10-19(26-18-9-15(12-23)3-6-25-18)27-20(11-16)28-13-17(22)14-28/h1,3,6,9-11,17,24H,4-5,7-8,13-14H2,(H,25,26,27). The fourth-order valence-corrected chi connectivity index (χ4v) is 3.70. The Morgan fingerprint density at radius 2 is 2.04 bits per heavy atom. The van der Waals surface area contributed by atoms with E-state index in [1.165, 1.54) is 0 Å². The van der Waals surface area contributed by atoms with Gasteiger partial charge >= 0.3 is 0 Å². The van der Waals surface area contributed by atoms with Gasteiger partial charge in [0.25, 0.3) is 0 Å². The zero-order chi connectivity index (χ0) is 19.6. The lowest BCUT2D eigenvalue weighted by Crippen LogP contribution is -2.49. The molecule has 0 saturated carbocycles. The van der Waals surface area contributed by atoms with Gasteiger partial charge in [-0.3, -0.25) is 0 Å². The Labute approximate surface area is 163 Å². The van der Waals surface area contributed by atoms with Crippen LogP contribution in [0, 0.1) is 23.7 Å². The third kappa shape index (κ3) is 3.49. The van der Waals surface area contributed by atoms with Crippen molar-refractivity contribution in [3.8, 4) is 18.4 Å². The summed E-state index contributed by atoms with van der Waals surface area (Å²) in [5.74, 6) is 4.83. The third-order valence-corrected chi connectivity index (χ3v) is 5.40. The number of terminal acetylenes is 1. The molecule has 0 bridgehead atoms. The largest absolute Gasteiger partial charge is 0.351 e. The summed E-state index contributed by atoms with van der Waals surface area (Å²) in [6.45, 7) is 2.38. The van der Waals surface area contributed by atoms with Crippen LogP contribution in [0.5, 0.6) is 0 Å². The summed E-state index contributed by atoms with van der Waals surface area (Å²) >= 11 is 0. The normalized spacial score (nSPS) is 18.6. The molecule has 7 heteroatoms. The van der Waals surface area contributed by atoms with E-state index in [1.54, 1.807) is 18.3 Å². The number of piperidine rings is 1. The highest BCUT2D eigenvalue weighted by Crippen LogP contribution is 2.37. The second-order valence-corrected chi connectivity index (χ2v) is 7.24. The molecule has 2 N–H and O–H groups in total. The second-order valence-electron chi connectivity index (χ2n) is 7.24. The number of nitrogens with one attached hydrogen (secondary N) is 2. The average molecular weight is 376 g/mol. The lowest BCUT2D eigenvalue weighted by atomic mass is 9.74. The highest BCUT2D eigenvalue weighted by Gasteiger charge is 2.34. The van der Waals surface area contributed by atoms with Gasteiger partial charge in [-0.05, 0) is 55.8 Å². The van der Waals surface area contributed by atoms with Crippen LogP contribution in [0.2, 0.25) is 0 Å². The Morgan fingerprint density at radius 1 is 1.25 bits per heavy atom. The van der Waals surface area contributed by atoms with Gasteiger partial charge in [-0.15, -0.1) is 6.42 Å². The lowest BCUT2D eigenvalue weighted by molar-refractivity contribution is 0.273. The van der Waals surface area contributed by atoms with Gasteiger partial charge < -0.3 is 15.5 Å². The van der Waals surface area contributed by atoms with E-state index in [4.69, 9.17) is 11.7 Å². The van der Waals surface area contributed by atoms with E-state index < -0.39 is 6.17 Å². The number of nitrogens with zero attached hydrogens (tertiary/aromatic N) is 4. The smallest absolute Gasteiger partial charge is 0.135 e. The first-order valence-corrected chi connectivity index (χ1v) is 9.35. The summed E-state index contributed by atoms with van der Waals surface area (Å²) in [6.07, 6.45) is 8.38. The molecule has 2 fully saturated rings. The molecular weight excluding hydrogens is 355 g/mol. The number of aromatic nitrogens is 2. The number of hydrogen-bond donors (Lipinski definition) is 2. The molecule has 2 aromatic rings. The molecule has 0 radical (unpaired) electrons. The van der Waals surface area contributed by atoms with Gasteiger partial charge in [0.05, 0.1) is 30.1 Å². The van der Waals surface area contributed by atoms with E-state index in [-0.39, 0.29) is 5.41 Å². The summed E-state index contributed by atoms with van der Waals surface area (Å²) in [4.78, 5) is 10.8. The van der Waals surface area contributed by atoms with Crippen molar-refractivity contribution in [2.24, 2.45) is 0 Å². The van der Waals surface area contributed by atoms with Crippen molar-refractivity contribution in [3.05, 3.63) is 41.6 Å². The van der Waals surface area contributed by atoms with E-state index in [1.807, 2.05) is 17.0 Å². The van der Waals surface area contributed by atoms with Crippen LogP contribution in [-0.2, 0) is 5.41 Å². The average Bonchev–Trinajstić information content (AvgIpc) is 2.72. The minimum atomic E-state index is -0.823. The van der Waals surface area contributed by atoms with Crippen LogP contribution in [0.1, 0.15) is 24.0 Å². The van der Waals surface area contributed by atoms with Crippen molar-refractivity contribution in [2.75, 3.05) is 36.4 Å². The molecule has 0 amide bonds. The van der Waals surface area contributed by atoms with Gasteiger partial charge in [0.1, 0.15) is 23.6 Å². The van der Waals surface area contributed by atoms with Crippen molar-refractivity contribution in [1.82, 2.24) is 15.3 Å². The predicted molar refractivity (Wildman–Crippen MR) is 106 cm³/mol. The Kier molecular flexibility index (Phi) is 4.85. The number of rotatable bonds is 4. The lowest BCUT2D eigenvalue weighted by Gasteiger charge is -2.38. The van der Waals surface area contributed by atoms with Gasteiger partial charge in [0.15, 0.2) is 0 Å². The van der Waals surface area contributed by atoms with Gasteiger partial charge in [-0.1, -0.05) is 5.92 Å². The van der Waals surface area contributed by atoms with Crippen LogP contribution in [-0.4, -0.2) is 42.3 Å². The van der Waals surface area contributed by atoms with Crippen LogP contribution in [0.15, 0.2) is 30.5 Å². The molecule has 2 saturated heterocycles. The Balaban J connectivity index is 1.72. The third-order valence-electron chi connectivity index (χ3n) is 5.40.